The lowest BCUT2D eigenvalue weighted by molar-refractivity contribution is 0.232. The number of hydrogen-bond donors (Lipinski definition) is 2. The molecule has 2 aromatic rings. The standard InChI is InChI=1S/C21H27N3O2/c1-24(2)20(16-10-7-11-17(12-16)26-3)14-22-21(25)23-19-13-18(19)15-8-5-4-6-9-15/h4-12,18-20H,13-14H2,1-3H3,(H2,22,23,25). The van der Waals surface area contributed by atoms with E-state index in [0.29, 0.717) is 12.5 Å². The Morgan fingerprint density at radius 3 is 2.65 bits per heavy atom. The maximum atomic E-state index is 12.3. The van der Waals surface area contributed by atoms with Crippen molar-refractivity contribution in [3.8, 4) is 5.75 Å². The van der Waals surface area contributed by atoms with Crippen LogP contribution < -0.4 is 15.4 Å². The lowest BCUT2D eigenvalue weighted by Gasteiger charge is -2.25. The van der Waals surface area contributed by atoms with Gasteiger partial charge in [0.05, 0.1) is 13.2 Å². The van der Waals surface area contributed by atoms with E-state index in [1.54, 1.807) is 7.11 Å². The zero-order chi connectivity index (χ0) is 18.5. The molecule has 3 rings (SSSR count). The largest absolute Gasteiger partial charge is 0.497 e. The van der Waals surface area contributed by atoms with Gasteiger partial charge < -0.3 is 20.3 Å². The van der Waals surface area contributed by atoms with Gasteiger partial charge in [0, 0.05) is 18.5 Å². The van der Waals surface area contributed by atoms with Crippen LogP contribution in [-0.4, -0.2) is 44.7 Å². The topological polar surface area (TPSA) is 53.6 Å². The molecule has 1 aliphatic carbocycles. The number of benzene rings is 2. The lowest BCUT2D eigenvalue weighted by atomic mass is 10.1. The number of carbonyl (C=O) groups is 1. The first-order valence-corrected chi connectivity index (χ1v) is 8.98. The molecular weight excluding hydrogens is 326 g/mol. The van der Waals surface area contributed by atoms with Gasteiger partial charge in [0.15, 0.2) is 0 Å². The molecule has 0 heterocycles. The molecule has 1 aliphatic rings. The minimum atomic E-state index is -0.108. The van der Waals surface area contributed by atoms with E-state index in [1.165, 1.54) is 5.56 Å². The molecule has 26 heavy (non-hydrogen) atoms. The number of methoxy groups -OCH3 is 1. The molecule has 138 valence electrons. The first kappa shape index (κ1) is 18.3. The molecule has 0 spiro atoms. The van der Waals surface area contributed by atoms with E-state index in [2.05, 4.69) is 33.7 Å². The van der Waals surface area contributed by atoms with Crippen molar-refractivity contribution >= 4 is 6.03 Å². The van der Waals surface area contributed by atoms with Crippen LogP contribution >= 0.6 is 0 Å². The molecule has 0 bridgehead atoms. The van der Waals surface area contributed by atoms with Gasteiger partial charge in [0.1, 0.15) is 5.75 Å². The summed E-state index contributed by atoms with van der Waals surface area (Å²) in [4.78, 5) is 14.4. The van der Waals surface area contributed by atoms with Crippen molar-refractivity contribution < 1.29 is 9.53 Å². The van der Waals surface area contributed by atoms with Crippen LogP contribution in [0.2, 0.25) is 0 Å². The number of carbonyl (C=O) groups excluding carboxylic acids is 1. The van der Waals surface area contributed by atoms with E-state index in [-0.39, 0.29) is 18.1 Å². The van der Waals surface area contributed by atoms with Gasteiger partial charge in [-0.25, -0.2) is 4.79 Å². The Balaban J connectivity index is 1.52. The van der Waals surface area contributed by atoms with Gasteiger partial charge in [-0.05, 0) is 43.8 Å². The maximum Gasteiger partial charge on any atom is 0.315 e. The van der Waals surface area contributed by atoms with Crippen molar-refractivity contribution in [3.63, 3.8) is 0 Å². The summed E-state index contributed by atoms with van der Waals surface area (Å²) >= 11 is 0. The van der Waals surface area contributed by atoms with Gasteiger partial charge >= 0.3 is 6.03 Å². The van der Waals surface area contributed by atoms with Crippen LogP contribution in [0.4, 0.5) is 4.79 Å². The summed E-state index contributed by atoms with van der Waals surface area (Å²) in [6.07, 6.45) is 1.00. The summed E-state index contributed by atoms with van der Waals surface area (Å²) in [5.41, 5.74) is 2.41. The quantitative estimate of drug-likeness (QED) is 0.804. The Morgan fingerprint density at radius 2 is 1.96 bits per heavy atom. The Morgan fingerprint density at radius 1 is 1.19 bits per heavy atom. The van der Waals surface area contributed by atoms with Crippen LogP contribution in [0.1, 0.15) is 29.5 Å². The summed E-state index contributed by atoms with van der Waals surface area (Å²) in [6.45, 7) is 0.536. The maximum absolute atomic E-state index is 12.3. The number of ether oxygens (including phenoxy) is 1. The van der Waals surface area contributed by atoms with E-state index < -0.39 is 0 Å². The van der Waals surface area contributed by atoms with Gasteiger partial charge in [-0.15, -0.1) is 0 Å². The number of amides is 2. The first-order valence-electron chi connectivity index (χ1n) is 8.98. The SMILES string of the molecule is COc1cccc(C(CNC(=O)NC2CC2c2ccccc2)N(C)C)c1. The third-order valence-electron chi connectivity index (χ3n) is 4.89. The predicted octanol–water partition coefficient (Wildman–Crippen LogP) is 3.15. The second-order valence-corrected chi connectivity index (χ2v) is 6.97. The average Bonchev–Trinajstić information content (AvgIpc) is 3.41. The molecule has 0 saturated heterocycles. The number of nitrogens with zero attached hydrogens (tertiary/aromatic N) is 1. The van der Waals surface area contributed by atoms with Crippen LogP contribution in [0.5, 0.6) is 5.75 Å². The molecule has 2 aromatic carbocycles. The minimum absolute atomic E-state index is 0.0833. The van der Waals surface area contributed by atoms with Crippen molar-refractivity contribution in [2.75, 3.05) is 27.7 Å². The molecule has 0 radical (unpaired) electrons. The fourth-order valence-electron chi connectivity index (χ4n) is 3.28. The molecule has 2 N–H and O–H groups in total. The van der Waals surface area contributed by atoms with Crippen molar-refractivity contribution in [1.29, 1.82) is 0 Å². The predicted molar refractivity (Wildman–Crippen MR) is 104 cm³/mol. The second kappa shape index (κ2) is 8.23. The van der Waals surface area contributed by atoms with E-state index in [1.807, 2.05) is 50.5 Å². The summed E-state index contributed by atoms with van der Waals surface area (Å²) in [5.74, 6) is 1.26. The zero-order valence-electron chi connectivity index (χ0n) is 15.6. The van der Waals surface area contributed by atoms with Crippen molar-refractivity contribution in [2.45, 2.75) is 24.4 Å². The normalized spacial score (nSPS) is 19.7. The van der Waals surface area contributed by atoms with Gasteiger partial charge in [-0.3, -0.25) is 0 Å². The van der Waals surface area contributed by atoms with Crippen LogP contribution in [0.3, 0.4) is 0 Å². The van der Waals surface area contributed by atoms with E-state index in [4.69, 9.17) is 4.74 Å². The highest BCUT2D eigenvalue weighted by molar-refractivity contribution is 5.75. The highest BCUT2D eigenvalue weighted by Gasteiger charge is 2.39. The summed E-state index contributed by atoms with van der Waals surface area (Å²) in [6, 6.07) is 18.5. The highest BCUT2D eigenvalue weighted by atomic mass is 16.5. The molecule has 1 saturated carbocycles. The van der Waals surface area contributed by atoms with E-state index in [9.17, 15) is 4.79 Å². The third-order valence-corrected chi connectivity index (χ3v) is 4.89. The smallest absolute Gasteiger partial charge is 0.315 e. The zero-order valence-corrected chi connectivity index (χ0v) is 15.6. The van der Waals surface area contributed by atoms with Crippen molar-refractivity contribution in [3.05, 3.63) is 65.7 Å². The molecule has 1 fully saturated rings. The molecule has 0 aromatic heterocycles. The number of likely N-dealkylation sites (N-methyl/N-ethyl adjacent to an activating group) is 1. The Kier molecular flexibility index (Phi) is 5.78. The number of hydrogen-bond acceptors (Lipinski definition) is 3. The van der Waals surface area contributed by atoms with Crippen molar-refractivity contribution in [1.82, 2.24) is 15.5 Å². The van der Waals surface area contributed by atoms with Crippen LogP contribution in [0, 0.1) is 0 Å². The monoisotopic (exact) mass is 353 g/mol. The second-order valence-electron chi connectivity index (χ2n) is 6.97. The fourth-order valence-corrected chi connectivity index (χ4v) is 3.28. The fraction of sp³-hybridized carbons (Fsp3) is 0.381. The van der Waals surface area contributed by atoms with E-state index >= 15 is 0 Å². The van der Waals surface area contributed by atoms with Crippen LogP contribution in [0.25, 0.3) is 0 Å². The molecule has 3 unspecified atom stereocenters. The molecule has 3 atom stereocenters. The molecule has 2 amide bonds. The summed E-state index contributed by atoms with van der Waals surface area (Å²) in [7, 11) is 5.68. The van der Waals surface area contributed by atoms with Gasteiger partial charge in [0.2, 0.25) is 0 Å². The van der Waals surface area contributed by atoms with E-state index in [0.717, 1.165) is 17.7 Å². The van der Waals surface area contributed by atoms with Gasteiger partial charge in [-0.1, -0.05) is 42.5 Å². The molecule has 5 heteroatoms. The van der Waals surface area contributed by atoms with Gasteiger partial charge in [-0.2, -0.15) is 0 Å². The summed E-state index contributed by atoms with van der Waals surface area (Å²) < 4.78 is 5.31. The first-order chi connectivity index (χ1) is 12.6. The van der Waals surface area contributed by atoms with Gasteiger partial charge in [0.25, 0.3) is 0 Å². The molecule has 0 aliphatic heterocycles. The third kappa shape index (κ3) is 4.55. The Hall–Kier alpha value is -2.53. The molecular formula is C21H27N3O2. The highest BCUT2D eigenvalue weighted by Crippen LogP contribution is 2.40. The minimum Gasteiger partial charge on any atom is -0.497 e. The lowest BCUT2D eigenvalue weighted by Crippen LogP contribution is -2.41. The molecule has 5 nitrogen and oxygen atoms in total. The van der Waals surface area contributed by atoms with Crippen LogP contribution in [-0.2, 0) is 0 Å². The van der Waals surface area contributed by atoms with Crippen LogP contribution in [0.15, 0.2) is 54.6 Å². The number of nitrogens with one attached hydrogen (secondary N) is 2. The average molecular weight is 353 g/mol. The number of urea groups is 1. The Labute approximate surface area is 155 Å². The summed E-state index contributed by atoms with van der Waals surface area (Å²) in [5, 5.41) is 6.09. The van der Waals surface area contributed by atoms with Crippen molar-refractivity contribution in [2.24, 2.45) is 0 Å². The Bertz CT molecular complexity index is 733. The number of rotatable bonds is 7.